The van der Waals surface area contributed by atoms with Crippen LogP contribution >= 0.6 is 0 Å². The van der Waals surface area contributed by atoms with Crippen LogP contribution in [0.4, 0.5) is 4.79 Å². The Hall–Kier alpha value is -1.79. The molecule has 0 aromatic rings. The van der Waals surface area contributed by atoms with Crippen molar-refractivity contribution in [3.63, 3.8) is 0 Å². The molecule has 7 nitrogen and oxygen atoms in total. The third-order valence-electron chi connectivity index (χ3n) is 3.36. The van der Waals surface area contributed by atoms with Crippen LogP contribution in [0.1, 0.15) is 32.6 Å². The molecule has 0 bridgehead atoms. The van der Waals surface area contributed by atoms with E-state index in [0.29, 0.717) is 19.4 Å². The number of hydrogen-bond donors (Lipinski definition) is 4. The highest BCUT2D eigenvalue weighted by Crippen LogP contribution is 2.40. The van der Waals surface area contributed by atoms with Gasteiger partial charge in [-0.05, 0) is 19.8 Å². The second-order valence-electron chi connectivity index (χ2n) is 4.75. The maximum Gasteiger partial charge on any atom is 0.314 e. The van der Waals surface area contributed by atoms with E-state index in [1.807, 2.05) is 6.92 Å². The van der Waals surface area contributed by atoms with Crippen LogP contribution in [0.5, 0.6) is 0 Å². The lowest BCUT2D eigenvalue weighted by molar-refractivity contribution is -0.153. The van der Waals surface area contributed by atoms with Gasteiger partial charge in [0.15, 0.2) is 0 Å². The fourth-order valence-corrected chi connectivity index (χ4v) is 1.96. The minimum absolute atomic E-state index is 0.121. The minimum atomic E-state index is -0.860. The number of nitrogens with one attached hydrogen (secondary N) is 3. The molecule has 0 radical (unpaired) electrons. The first kappa shape index (κ1) is 15.3. The highest BCUT2D eigenvalue weighted by molar-refractivity contribution is 5.80. The van der Waals surface area contributed by atoms with Gasteiger partial charge in [0.2, 0.25) is 5.91 Å². The van der Waals surface area contributed by atoms with E-state index in [1.165, 1.54) is 0 Å². The van der Waals surface area contributed by atoms with Gasteiger partial charge in [-0.3, -0.25) is 9.59 Å². The molecule has 4 N–H and O–H groups in total. The second-order valence-corrected chi connectivity index (χ2v) is 4.75. The van der Waals surface area contributed by atoms with Gasteiger partial charge in [0.25, 0.3) is 0 Å². The van der Waals surface area contributed by atoms with E-state index in [4.69, 9.17) is 5.11 Å². The molecule has 0 heterocycles. The van der Waals surface area contributed by atoms with E-state index in [-0.39, 0.29) is 25.4 Å². The lowest BCUT2D eigenvalue weighted by Crippen LogP contribution is -2.50. The molecule has 0 spiro atoms. The Balaban J connectivity index is 2.18. The summed E-state index contributed by atoms with van der Waals surface area (Å²) in [5.41, 5.74) is -0.795. The number of carboxylic acids is 1. The molecule has 3 amide bonds. The molecule has 1 saturated carbocycles. The number of hydrogen-bond acceptors (Lipinski definition) is 3. The predicted octanol–water partition coefficient (Wildman–Crippen LogP) is 0.0667. The Labute approximate surface area is 112 Å². The van der Waals surface area contributed by atoms with Crippen LogP contribution in [0.2, 0.25) is 0 Å². The molecule has 1 aliphatic carbocycles. The van der Waals surface area contributed by atoms with Crippen molar-refractivity contribution < 1.29 is 19.5 Å². The first-order chi connectivity index (χ1) is 9.00. The van der Waals surface area contributed by atoms with E-state index in [1.54, 1.807) is 0 Å². The van der Waals surface area contributed by atoms with E-state index in [9.17, 15) is 14.4 Å². The number of rotatable bonds is 7. The van der Waals surface area contributed by atoms with Crippen molar-refractivity contribution in [2.75, 3.05) is 19.6 Å². The van der Waals surface area contributed by atoms with Gasteiger partial charge in [-0.2, -0.15) is 0 Å². The fourth-order valence-electron chi connectivity index (χ4n) is 1.96. The van der Waals surface area contributed by atoms with Gasteiger partial charge in [0.1, 0.15) is 0 Å². The molecular weight excluding hydrogens is 250 g/mol. The number of urea groups is 1. The maximum atomic E-state index is 11.4. The van der Waals surface area contributed by atoms with Crippen molar-refractivity contribution in [3.8, 4) is 0 Å². The largest absolute Gasteiger partial charge is 0.481 e. The number of carbonyl (C=O) groups is 3. The SMILES string of the molecule is CCNC(=O)CCNC(=O)NCC1(C(=O)O)CCC1. The van der Waals surface area contributed by atoms with E-state index < -0.39 is 17.4 Å². The molecule has 108 valence electrons. The summed E-state index contributed by atoms with van der Waals surface area (Å²) in [4.78, 5) is 33.6. The molecular formula is C12H21N3O4. The molecule has 0 unspecified atom stereocenters. The first-order valence-electron chi connectivity index (χ1n) is 6.52. The summed E-state index contributed by atoms with van der Waals surface area (Å²) in [6.07, 6.45) is 2.29. The van der Waals surface area contributed by atoms with Crippen LogP contribution in [0, 0.1) is 5.41 Å². The van der Waals surface area contributed by atoms with Gasteiger partial charge in [-0.1, -0.05) is 6.42 Å². The van der Waals surface area contributed by atoms with Crippen LogP contribution in [0.25, 0.3) is 0 Å². The third kappa shape index (κ3) is 4.42. The smallest absolute Gasteiger partial charge is 0.314 e. The minimum Gasteiger partial charge on any atom is -0.481 e. The summed E-state index contributed by atoms with van der Waals surface area (Å²) in [6, 6.07) is -0.433. The van der Waals surface area contributed by atoms with Crippen LogP contribution in [-0.4, -0.2) is 42.6 Å². The van der Waals surface area contributed by atoms with Gasteiger partial charge in [-0.25, -0.2) is 4.79 Å². The molecule has 0 aromatic carbocycles. The van der Waals surface area contributed by atoms with Crippen LogP contribution in [0.15, 0.2) is 0 Å². The zero-order valence-corrected chi connectivity index (χ0v) is 11.1. The van der Waals surface area contributed by atoms with Crippen LogP contribution in [0.3, 0.4) is 0 Å². The summed E-state index contributed by atoms with van der Waals surface area (Å²) in [7, 11) is 0. The molecule has 1 rings (SSSR count). The van der Waals surface area contributed by atoms with Crippen molar-refractivity contribution in [1.29, 1.82) is 0 Å². The van der Waals surface area contributed by atoms with E-state index in [2.05, 4.69) is 16.0 Å². The van der Waals surface area contributed by atoms with Gasteiger partial charge in [0.05, 0.1) is 5.41 Å². The predicted molar refractivity (Wildman–Crippen MR) is 68.6 cm³/mol. The van der Waals surface area contributed by atoms with Gasteiger partial charge < -0.3 is 21.1 Å². The summed E-state index contributed by atoms with van der Waals surface area (Å²) < 4.78 is 0. The van der Waals surface area contributed by atoms with Crippen molar-refractivity contribution in [2.45, 2.75) is 32.6 Å². The fraction of sp³-hybridized carbons (Fsp3) is 0.750. The molecule has 0 aromatic heterocycles. The zero-order valence-electron chi connectivity index (χ0n) is 11.1. The van der Waals surface area contributed by atoms with Gasteiger partial charge in [-0.15, -0.1) is 0 Å². The topological polar surface area (TPSA) is 108 Å². The number of aliphatic carboxylic acids is 1. The summed E-state index contributed by atoms with van der Waals surface area (Å²) in [5, 5.41) is 16.8. The molecule has 0 aliphatic heterocycles. The summed E-state index contributed by atoms with van der Waals surface area (Å²) in [6.45, 7) is 2.75. The average molecular weight is 271 g/mol. The molecule has 0 saturated heterocycles. The molecule has 0 atom stereocenters. The highest BCUT2D eigenvalue weighted by atomic mass is 16.4. The van der Waals surface area contributed by atoms with Gasteiger partial charge in [0, 0.05) is 26.1 Å². The van der Waals surface area contributed by atoms with Crippen LogP contribution < -0.4 is 16.0 Å². The summed E-state index contributed by atoms with van der Waals surface area (Å²) in [5.74, 6) is -0.981. The number of carbonyl (C=O) groups excluding carboxylic acids is 2. The van der Waals surface area contributed by atoms with Crippen LogP contribution in [-0.2, 0) is 9.59 Å². The Bertz CT molecular complexity index is 353. The van der Waals surface area contributed by atoms with Crippen molar-refractivity contribution in [1.82, 2.24) is 16.0 Å². The lowest BCUT2D eigenvalue weighted by Gasteiger charge is -2.37. The molecule has 19 heavy (non-hydrogen) atoms. The standard InChI is InChI=1S/C12H21N3O4/c1-2-13-9(16)4-7-14-11(19)15-8-12(10(17)18)5-3-6-12/h2-8H2,1H3,(H,13,16)(H,17,18)(H2,14,15,19). The molecule has 1 aliphatic rings. The molecule has 1 fully saturated rings. The Morgan fingerprint density at radius 3 is 2.32 bits per heavy atom. The van der Waals surface area contributed by atoms with Crippen molar-refractivity contribution in [3.05, 3.63) is 0 Å². The first-order valence-corrected chi connectivity index (χ1v) is 6.52. The Kier molecular flexibility index (Phi) is 5.59. The maximum absolute atomic E-state index is 11.4. The quantitative estimate of drug-likeness (QED) is 0.525. The number of carboxylic acid groups (broad SMARTS) is 1. The second kappa shape index (κ2) is 6.96. The zero-order chi connectivity index (χ0) is 14.3. The third-order valence-corrected chi connectivity index (χ3v) is 3.36. The van der Waals surface area contributed by atoms with Crippen molar-refractivity contribution >= 4 is 17.9 Å². The van der Waals surface area contributed by atoms with E-state index in [0.717, 1.165) is 6.42 Å². The highest BCUT2D eigenvalue weighted by Gasteiger charge is 2.44. The van der Waals surface area contributed by atoms with Gasteiger partial charge >= 0.3 is 12.0 Å². The lowest BCUT2D eigenvalue weighted by atomic mass is 9.69. The Morgan fingerprint density at radius 1 is 1.16 bits per heavy atom. The number of amides is 3. The molecule has 7 heteroatoms. The monoisotopic (exact) mass is 271 g/mol. The normalized spacial score (nSPS) is 16.1. The Morgan fingerprint density at radius 2 is 1.84 bits per heavy atom. The van der Waals surface area contributed by atoms with Crippen molar-refractivity contribution in [2.24, 2.45) is 5.41 Å². The summed E-state index contributed by atoms with van der Waals surface area (Å²) >= 11 is 0. The van der Waals surface area contributed by atoms with E-state index >= 15 is 0 Å². The average Bonchev–Trinajstić information content (AvgIpc) is 2.27.